The molecule has 0 aliphatic carbocycles. The fourth-order valence-electron chi connectivity index (χ4n) is 2.74. The molecule has 5 heterocycles. The molecule has 1 aliphatic rings. The number of rotatable bonds is 3. The van der Waals surface area contributed by atoms with Crippen LogP contribution in [0.2, 0.25) is 0 Å². The molecule has 1 aliphatic heterocycles. The third kappa shape index (κ3) is 2.17. The summed E-state index contributed by atoms with van der Waals surface area (Å²) in [6, 6.07) is 3.86. The molecule has 122 valence electrons. The highest BCUT2D eigenvalue weighted by molar-refractivity contribution is 5.94. The SMILES string of the molecule is CCn1cc(-c2cnc3c(n2)[N+](=Cc2[nH]nc4ncccc24)N3)cn1. The Hall–Kier alpha value is -3.62. The van der Waals surface area contributed by atoms with Crippen LogP contribution in [0.25, 0.3) is 22.3 Å². The molecular weight excluding hydrogens is 318 g/mol. The van der Waals surface area contributed by atoms with Gasteiger partial charge in [0.1, 0.15) is 11.9 Å². The Morgan fingerprint density at radius 1 is 1.28 bits per heavy atom. The zero-order valence-corrected chi connectivity index (χ0v) is 13.4. The van der Waals surface area contributed by atoms with E-state index in [4.69, 9.17) is 0 Å². The first-order valence-corrected chi connectivity index (χ1v) is 7.91. The molecule has 0 unspecified atom stereocenters. The lowest BCUT2D eigenvalue weighted by molar-refractivity contribution is -0.427. The molecule has 0 bridgehead atoms. The number of hydrazone groups is 1. The van der Waals surface area contributed by atoms with Gasteiger partial charge >= 0.3 is 5.82 Å². The van der Waals surface area contributed by atoms with Crippen LogP contribution in [0, 0.1) is 0 Å². The Balaban J connectivity index is 1.53. The number of fused-ring (bicyclic) bond motifs is 2. The molecule has 0 amide bonds. The predicted octanol–water partition coefficient (Wildman–Crippen LogP) is 1.73. The number of pyridine rings is 1. The number of anilines is 1. The highest BCUT2D eigenvalue weighted by Gasteiger charge is 2.32. The van der Waals surface area contributed by atoms with Gasteiger partial charge in [0.2, 0.25) is 5.69 Å². The molecule has 9 nitrogen and oxygen atoms in total. The average Bonchev–Trinajstić information content (AvgIpc) is 3.27. The van der Waals surface area contributed by atoms with Gasteiger partial charge in [0, 0.05) is 24.3 Å². The van der Waals surface area contributed by atoms with Gasteiger partial charge in [-0.2, -0.15) is 15.6 Å². The molecule has 0 aromatic carbocycles. The third-order valence-corrected chi connectivity index (χ3v) is 4.08. The van der Waals surface area contributed by atoms with E-state index in [0.29, 0.717) is 5.65 Å². The molecule has 9 heteroatoms. The summed E-state index contributed by atoms with van der Waals surface area (Å²) in [6.45, 7) is 2.87. The second-order valence-corrected chi connectivity index (χ2v) is 5.63. The van der Waals surface area contributed by atoms with Gasteiger partial charge in [-0.05, 0) is 24.0 Å². The minimum Gasteiger partial charge on any atom is -0.272 e. The first kappa shape index (κ1) is 13.8. The van der Waals surface area contributed by atoms with Crippen molar-refractivity contribution >= 4 is 28.9 Å². The Bertz CT molecular complexity index is 1120. The molecule has 0 saturated heterocycles. The largest absolute Gasteiger partial charge is 0.393 e. The van der Waals surface area contributed by atoms with Gasteiger partial charge in [0.15, 0.2) is 5.65 Å². The number of aromatic nitrogens is 7. The Morgan fingerprint density at radius 2 is 2.24 bits per heavy atom. The number of hydrogen-bond acceptors (Lipinski definition) is 6. The minimum absolute atomic E-state index is 0.682. The maximum Gasteiger partial charge on any atom is 0.393 e. The molecule has 4 aromatic rings. The minimum atomic E-state index is 0.682. The normalized spacial score (nSPS) is 14.4. The molecule has 0 spiro atoms. The summed E-state index contributed by atoms with van der Waals surface area (Å²) in [7, 11) is 0. The van der Waals surface area contributed by atoms with Crippen LogP contribution in [0.15, 0.2) is 36.9 Å². The van der Waals surface area contributed by atoms with E-state index in [1.807, 2.05) is 40.8 Å². The van der Waals surface area contributed by atoms with Crippen molar-refractivity contribution in [2.24, 2.45) is 0 Å². The van der Waals surface area contributed by atoms with Crippen molar-refractivity contribution in [1.82, 2.24) is 34.9 Å². The maximum atomic E-state index is 4.69. The van der Waals surface area contributed by atoms with Crippen LogP contribution in [0.4, 0.5) is 11.6 Å². The zero-order chi connectivity index (χ0) is 16.8. The van der Waals surface area contributed by atoms with Gasteiger partial charge in [0.05, 0.1) is 18.0 Å². The lowest BCUT2D eigenvalue weighted by atomic mass is 10.2. The predicted molar refractivity (Wildman–Crippen MR) is 91.5 cm³/mol. The Labute approximate surface area is 142 Å². The van der Waals surface area contributed by atoms with Crippen LogP contribution in [0.1, 0.15) is 12.6 Å². The van der Waals surface area contributed by atoms with E-state index in [9.17, 15) is 0 Å². The number of aryl methyl sites for hydroxylation is 1. The number of hydrogen-bond donors (Lipinski definition) is 2. The van der Waals surface area contributed by atoms with Gasteiger partial charge in [-0.25, -0.2) is 9.97 Å². The Morgan fingerprint density at radius 3 is 3.12 bits per heavy atom. The van der Waals surface area contributed by atoms with E-state index in [1.54, 1.807) is 18.6 Å². The summed E-state index contributed by atoms with van der Waals surface area (Å²) >= 11 is 0. The van der Waals surface area contributed by atoms with Crippen molar-refractivity contribution in [1.29, 1.82) is 0 Å². The number of H-pyrrole nitrogens is 1. The molecule has 5 rings (SSSR count). The molecule has 25 heavy (non-hydrogen) atoms. The molecule has 0 radical (unpaired) electrons. The molecule has 0 atom stereocenters. The lowest BCUT2D eigenvalue weighted by Crippen LogP contribution is -2.28. The average molecular weight is 332 g/mol. The van der Waals surface area contributed by atoms with Crippen molar-refractivity contribution in [3.8, 4) is 11.3 Å². The summed E-state index contributed by atoms with van der Waals surface area (Å²) in [5.74, 6) is 1.50. The van der Waals surface area contributed by atoms with Crippen LogP contribution in [-0.2, 0) is 6.54 Å². The first-order valence-electron chi connectivity index (χ1n) is 7.91. The number of nitrogens with one attached hydrogen (secondary N) is 2. The van der Waals surface area contributed by atoms with Gasteiger partial charge in [-0.15, -0.1) is 4.68 Å². The number of aromatic amines is 1. The topological polar surface area (TPSA) is 100 Å². The second-order valence-electron chi connectivity index (χ2n) is 5.63. The monoisotopic (exact) mass is 332 g/mol. The van der Waals surface area contributed by atoms with Crippen molar-refractivity contribution in [3.05, 3.63) is 42.6 Å². The second kappa shape index (κ2) is 5.20. The smallest absolute Gasteiger partial charge is 0.272 e. The van der Waals surface area contributed by atoms with E-state index >= 15 is 0 Å². The van der Waals surface area contributed by atoms with Crippen molar-refractivity contribution in [3.63, 3.8) is 0 Å². The van der Waals surface area contributed by atoms with Crippen molar-refractivity contribution in [2.75, 3.05) is 5.43 Å². The van der Waals surface area contributed by atoms with E-state index in [2.05, 4.69) is 35.7 Å². The maximum absolute atomic E-state index is 4.69. The molecular formula is C16H14N9+. The van der Waals surface area contributed by atoms with E-state index in [-0.39, 0.29) is 0 Å². The van der Waals surface area contributed by atoms with E-state index in [1.165, 1.54) is 0 Å². The van der Waals surface area contributed by atoms with Crippen molar-refractivity contribution < 1.29 is 4.68 Å². The van der Waals surface area contributed by atoms with Gasteiger partial charge < -0.3 is 0 Å². The van der Waals surface area contributed by atoms with Gasteiger partial charge in [-0.3, -0.25) is 9.78 Å². The standard InChI is InChI=1S/C16H13N9/c1-2-24-8-10(6-19-24)12-7-18-15-16(20-12)25(23-15)9-13-11-4-3-5-17-14(11)22-21-13/h3-9H,2H2,1H3,(H,18,23)/p+1. The van der Waals surface area contributed by atoms with Gasteiger partial charge in [0.25, 0.3) is 5.82 Å². The summed E-state index contributed by atoms with van der Waals surface area (Å²) in [5.41, 5.74) is 6.40. The summed E-state index contributed by atoms with van der Waals surface area (Å²) in [4.78, 5) is 13.3. The molecule has 4 aromatic heterocycles. The summed E-state index contributed by atoms with van der Waals surface area (Å²) in [6.07, 6.45) is 9.13. The fourth-order valence-corrected chi connectivity index (χ4v) is 2.74. The van der Waals surface area contributed by atoms with E-state index in [0.717, 1.165) is 40.5 Å². The lowest BCUT2D eigenvalue weighted by Gasteiger charge is -2.15. The summed E-state index contributed by atoms with van der Waals surface area (Å²) < 4.78 is 3.68. The molecule has 2 N–H and O–H groups in total. The molecule has 0 saturated carbocycles. The first-order chi connectivity index (χ1) is 12.3. The number of nitrogens with zero attached hydrogens (tertiary/aromatic N) is 7. The van der Waals surface area contributed by atoms with Crippen molar-refractivity contribution in [2.45, 2.75) is 13.5 Å². The van der Waals surface area contributed by atoms with Gasteiger partial charge in [-0.1, -0.05) is 0 Å². The summed E-state index contributed by atoms with van der Waals surface area (Å²) in [5, 5.41) is 12.4. The van der Waals surface area contributed by atoms with E-state index < -0.39 is 0 Å². The zero-order valence-electron chi connectivity index (χ0n) is 13.4. The van der Waals surface area contributed by atoms with Crippen LogP contribution in [-0.4, -0.2) is 45.8 Å². The molecule has 0 fully saturated rings. The number of hydrazine groups is 1. The fraction of sp³-hybridized carbons (Fsp3) is 0.125. The van der Waals surface area contributed by atoms with Crippen LogP contribution in [0.5, 0.6) is 0 Å². The third-order valence-electron chi connectivity index (χ3n) is 4.08. The van der Waals surface area contributed by atoms with Crippen LogP contribution < -0.4 is 5.43 Å². The Kier molecular flexibility index (Phi) is 2.87. The highest BCUT2D eigenvalue weighted by Crippen LogP contribution is 2.31. The quantitative estimate of drug-likeness (QED) is 0.554. The van der Waals surface area contributed by atoms with Crippen LogP contribution >= 0.6 is 0 Å². The van der Waals surface area contributed by atoms with Crippen LogP contribution in [0.3, 0.4) is 0 Å². The highest BCUT2D eigenvalue weighted by atomic mass is 15.5.